The number of hydrogen-bond donors (Lipinski definition) is 0. The molecular weight excluding hydrogens is 298 g/mol. The second-order valence-electron chi connectivity index (χ2n) is 4.90. The van der Waals surface area contributed by atoms with Crippen LogP contribution in [0.25, 0.3) is 0 Å². The third-order valence-corrected chi connectivity index (χ3v) is 3.24. The predicted octanol–water partition coefficient (Wildman–Crippen LogP) is 2.42. The number of amides is 1. The fraction of sp³-hybridized carbons (Fsp3) is 0.471. The number of rotatable bonds is 8. The quantitative estimate of drug-likeness (QED) is 0.418. The van der Waals surface area contributed by atoms with Crippen molar-refractivity contribution in [2.24, 2.45) is 0 Å². The highest BCUT2D eigenvalue weighted by Crippen LogP contribution is 2.19. The van der Waals surface area contributed by atoms with Crippen LogP contribution in [0.4, 0.5) is 0 Å². The van der Waals surface area contributed by atoms with E-state index >= 15 is 0 Å². The molecule has 0 heterocycles. The van der Waals surface area contributed by atoms with E-state index < -0.39 is 11.9 Å². The van der Waals surface area contributed by atoms with Crippen molar-refractivity contribution in [1.82, 2.24) is 4.90 Å². The first-order valence-electron chi connectivity index (χ1n) is 7.71. The van der Waals surface area contributed by atoms with Crippen molar-refractivity contribution in [3.63, 3.8) is 0 Å². The summed E-state index contributed by atoms with van der Waals surface area (Å²) < 4.78 is 10.1. The van der Waals surface area contributed by atoms with Gasteiger partial charge in [-0.3, -0.25) is 9.59 Å². The van der Waals surface area contributed by atoms with Crippen LogP contribution >= 0.6 is 0 Å². The number of para-hydroxylation sites is 1. The second kappa shape index (κ2) is 9.61. The molecule has 126 valence electrons. The molecule has 6 heteroatoms. The lowest BCUT2D eigenvalue weighted by Gasteiger charge is -2.18. The molecule has 0 spiro atoms. The molecule has 0 bridgehead atoms. The van der Waals surface area contributed by atoms with Gasteiger partial charge in [0.25, 0.3) is 0 Å². The molecule has 1 aromatic rings. The Bertz CT molecular complexity index is 552. The molecule has 0 aromatic heterocycles. The first-order chi connectivity index (χ1) is 11.0. The third-order valence-electron chi connectivity index (χ3n) is 3.24. The van der Waals surface area contributed by atoms with Gasteiger partial charge in [-0.15, -0.1) is 0 Å². The Balaban J connectivity index is 2.49. The second-order valence-corrected chi connectivity index (χ2v) is 4.90. The molecule has 0 aliphatic carbocycles. The van der Waals surface area contributed by atoms with Crippen LogP contribution in [-0.2, 0) is 14.3 Å². The standard InChI is InChI=1S/C17H23NO5/c1-4-18(5-2)16(20)11-8-12-22-17(21)14-9-6-7-10-15(14)23-13(3)19/h6-7,9-10H,4-5,8,11-12H2,1-3H3. The Labute approximate surface area is 136 Å². The van der Waals surface area contributed by atoms with E-state index in [1.54, 1.807) is 17.0 Å². The summed E-state index contributed by atoms with van der Waals surface area (Å²) in [6.07, 6.45) is 0.789. The minimum Gasteiger partial charge on any atom is -0.462 e. The molecule has 0 aliphatic heterocycles. The molecule has 1 amide bonds. The summed E-state index contributed by atoms with van der Waals surface area (Å²) in [5.74, 6) is -0.859. The molecule has 0 fully saturated rings. The zero-order valence-corrected chi connectivity index (χ0v) is 13.8. The lowest BCUT2D eigenvalue weighted by Crippen LogP contribution is -2.30. The van der Waals surface area contributed by atoms with Gasteiger partial charge >= 0.3 is 11.9 Å². The van der Waals surface area contributed by atoms with Crippen LogP contribution in [0, 0.1) is 0 Å². The maximum Gasteiger partial charge on any atom is 0.341 e. The van der Waals surface area contributed by atoms with E-state index in [0.29, 0.717) is 25.9 Å². The largest absolute Gasteiger partial charge is 0.462 e. The molecule has 0 radical (unpaired) electrons. The summed E-state index contributed by atoms with van der Waals surface area (Å²) in [5, 5.41) is 0. The maximum absolute atomic E-state index is 12.0. The summed E-state index contributed by atoms with van der Waals surface area (Å²) in [6, 6.07) is 6.38. The number of nitrogens with zero attached hydrogens (tertiary/aromatic N) is 1. The van der Waals surface area contributed by atoms with Crippen LogP contribution < -0.4 is 4.74 Å². The molecule has 1 aromatic carbocycles. The van der Waals surface area contributed by atoms with E-state index in [4.69, 9.17) is 9.47 Å². The van der Waals surface area contributed by atoms with Crippen molar-refractivity contribution < 1.29 is 23.9 Å². The van der Waals surface area contributed by atoms with E-state index in [0.717, 1.165) is 0 Å². The number of ether oxygens (including phenoxy) is 2. The topological polar surface area (TPSA) is 72.9 Å². The third kappa shape index (κ3) is 6.10. The van der Waals surface area contributed by atoms with Crippen molar-refractivity contribution in [2.45, 2.75) is 33.6 Å². The molecule has 1 rings (SSSR count). The zero-order chi connectivity index (χ0) is 17.2. The molecule has 6 nitrogen and oxygen atoms in total. The van der Waals surface area contributed by atoms with E-state index in [1.807, 2.05) is 13.8 Å². The van der Waals surface area contributed by atoms with Crippen molar-refractivity contribution in [3.8, 4) is 5.75 Å². The number of esters is 2. The minimum atomic E-state index is -0.572. The van der Waals surface area contributed by atoms with Crippen LogP contribution in [0.3, 0.4) is 0 Å². The highest BCUT2D eigenvalue weighted by Gasteiger charge is 2.15. The summed E-state index contributed by atoms with van der Waals surface area (Å²) in [4.78, 5) is 36.6. The SMILES string of the molecule is CCN(CC)C(=O)CCCOC(=O)c1ccccc1OC(C)=O. The average molecular weight is 321 g/mol. The smallest absolute Gasteiger partial charge is 0.341 e. The van der Waals surface area contributed by atoms with Crippen molar-refractivity contribution in [3.05, 3.63) is 29.8 Å². The Morgan fingerprint density at radius 3 is 2.35 bits per heavy atom. The first kappa shape index (κ1) is 18.7. The Morgan fingerprint density at radius 2 is 1.74 bits per heavy atom. The van der Waals surface area contributed by atoms with E-state index in [-0.39, 0.29) is 23.8 Å². The molecule has 0 unspecified atom stereocenters. The molecule has 23 heavy (non-hydrogen) atoms. The molecular formula is C17H23NO5. The molecule has 0 saturated carbocycles. The average Bonchev–Trinajstić information content (AvgIpc) is 2.52. The van der Waals surface area contributed by atoms with E-state index in [9.17, 15) is 14.4 Å². The number of carbonyl (C=O) groups excluding carboxylic acids is 3. The van der Waals surface area contributed by atoms with Crippen LogP contribution in [-0.4, -0.2) is 42.4 Å². The summed E-state index contributed by atoms with van der Waals surface area (Å²) in [7, 11) is 0. The van der Waals surface area contributed by atoms with Gasteiger partial charge in [0.1, 0.15) is 11.3 Å². The van der Waals surface area contributed by atoms with Crippen LogP contribution in [0.15, 0.2) is 24.3 Å². The number of carbonyl (C=O) groups is 3. The van der Waals surface area contributed by atoms with Gasteiger partial charge < -0.3 is 14.4 Å². The van der Waals surface area contributed by atoms with Gasteiger partial charge in [0.2, 0.25) is 5.91 Å². The van der Waals surface area contributed by atoms with E-state index in [2.05, 4.69) is 0 Å². The number of hydrogen-bond acceptors (Lipinski definition) is 5. The molecule has 0 saturated heterocycles. The molecule has 0 atom stereocenters. The fourth-order valence-corrected chi connectivity index (χ4v) is 2.08. The van der Waals surface area contributed by atoms with Gasteiger partial charge in [-0.1, -0.05) is 12.1 Å². The molecule has 0 N–H and O–H groups in total. The first-order valence-corrected chi connectivity index (χ1v) is 7.71. The zero-order valence-electron chi connectivity index (χ0n) is 13.8. The highest BCUT2D eigenvalue weighted by atomic mass is 16.5. The lowest BCUT2D eigenvalue weighted by atomic mass is 10.2. The Kier molecular flexibility index (Phi) is 7.80. The summed E-state index contributed by atoms with van der Waals surface area (Å²) in [6.45, 7) is 6.59. The van der Waals surface area contributed by atoms with Gasteiger partial charge in [-0.25, -0.2) is 4.79 Å². The predicted molar refractivity (Wildman–Crippen MR) is 85.2 cm³/mol. The normalized spacial score (nSPS) is 10.0. The van der Waals surface area contributed by atoms with Gasteiger partial charge in [-0.05, 0) is 32.4 Å². The lowest BCUT2D eigenvalue weighted by molar-refractivity contribution is -0.132. The Hall–Kier alpha value is -2.37. The number of benzene rings is 1. The van der Waals surface area contributed by atoms with Crippen LogP contribution in [0.2, 0.25) is 0 Å². The minimum absolute atomic E-state index is 0.0476. The Morgan fingerprint density at radius 1 is 1.09 bits per heavy atom. The highest BCUT2D eigenvalue weighted by molar-refractivity contribution is 5.93. The van der Waals surface area contributed by atoms with Gasteiger partial charge in [0.05, 0.1) is 6.61 Å². The fourth-order valence-electron chi connectivity index (χ4n) is 2.08. The van der Waals surface area contributed by atoms with Crippen molar-refractivity contribution in [1.29, 1.82) is 0 Å². The summed E-state index contributed by atoms with van der Waals surface area (Å²) >= 11 is 0. The van der Waals surface area contributed by atoms with Crippen molar-refractivity contribution >= 4 is 17.8 Å². The van der Waals surface area contributed by atoms with Gasteiger partial charge in [0.15, 0.2) is 0 Å². The van der Waals surface area contributed by atoms with Crippen LogP contribution in [0.1, 0.15) is 44.0 Å². The monoisotopic (exact) mass is 321 g/mol. The van der Waals surface area contributed by atoms with Crippen LogP contribution in [0.5, 0.6) is 5.75 Å². The summed E-state index contributed by atoms with van der Waals surface area (Å²) in [5.41, 5.74) is 0.192. The molecule has 0 aliphatic rings. The van der Waals surface area contributed by atoms with Gasteiger partial charge in [0, 0.05) is 26.4 Å². The maximum atomic E-state index is 12.0. The van der Waals surface area contributed by atoms with E-state index in [1.165, 1.54) is 19.1 Å². The van der Waals surface area contributed by atoms with Crippen molar-refractivity contribution in [2.75, 3.05) is 19.7 Å². The van der Waals surface area contributed by atoms with Gasteiger partial charge in [-0.2, -0.15) is 0 Å².